The summed E-state index contributed by atoms with van der Waals surface area (Å²) in [6.45, 7) is 1.42. The number of hydrogen-bond acceptors (Lipinski definition) is 5. The van der Waals surface area contributed by atoms with Gasteiger partial charge in [0, 0.05) is 36.1 Å². The zero-order valence-corrected chi connectivity index (χ0v) is 14.3. The molecule has 0 aliphatic carbocycles. The van der Waals surface area contributed by atoms with Crippen molar-refractivity contribution in [2.45, 2.75) is 19.0 Å². The van der Waals surface area contributed by atoms with Crippen molar-refractivity contribution in [3.63, 3.8) is 0 Å². The summed E-state index contributed by atoms with van der Waals surface area (Å²) in [6, 6.07) is 10.5. The molecule has 0 saturated carbocycles. The van der Waals surface area contributed by atoms with E-state index >= 15 is 0 Å². The summed E-state index contributed by atoms with van der Waals surface area (Å²) in [5, 5.41) is 6.58. The Morgan fingerprint density at radius 3 is 3.17 bits per heavy atom. The second-order valence-electron chi connectivity index (χ2n) is 5.73. The average Bonchev–Trinajstić information content (AvgIpc) is 3.30. The first-order valence-electron chi connectivity index (χ1n) is 7.93. The van der Waals surface area contributed by atoms with Gasteiger partial charge in [-0.15, -0.1) is 11.3 Å². The molecule has 6 heteroatoms. The van der Waals surface area contributed by atoms with Gasteiger partial charge in [-0.1, -0.05) is 12.1 Å². The molecule has 0 fully saturated rings. The van der Waals surface area contributed by atoms with Crippen LogP contribution in [0.25, 0.3) is 5.13 Å². The number of para-hydroxylation sites is 1. The Hall–Kier alpha value is -2.31. The summed E-state index contributed by atoms with van der Waals surface area (Å²) in [7, 11) is 1.68. The van der Waals surface area contributed by atoms with E-state index < -0.39 is 0 Å². The van der Waals surface area contributed by atoms with Crippen molar-refractivity contribution in [1.29, 1.82) is 0 Å². The Morgan fingerprint density at radius 1 is 1.38 bits per heavy atom. The zero-order chi connectivity index (χ0) is 16.4. The first-order valence-corrected chi connectivity index (χ1v) is 8.81. The van der Waals surface area contributed by atoms with E-state index in [0.29, 0.717) is 6.61 Å². The van der Waals surface area contributed by atoms with Gasteiger partial charge in [0.2, 0.25) is 0 Å². The molecule has 1 N–H and O–H groups in total. The summed E-state index contributed by atoms with van der Waals surface area (Å²) in [5.74, 6) is 1.69. The number of methoxy groups -OCH3 is 1. The molecule has 4 rings (SSSR count). The maximum Gasteiger partial charge on any atom is 0.193 e. The highest BCUT2D eigenvalue weighted by Gasteiger charge is 2.22. The van der Waals surface area contributed by atoms with Crippen molar-refractivity contribution in [3.8, 4) is 16.6 Å². The summed E-state index contributed by atoms with van der Waals surface area (Å²) in [4.78, 5) is 4.38. The molecule has 1 atom stereocenters. The van der Waals surface area contributed by atoms with Crippen LogP contribution in [0, 0.1) is 0 Å². The smallest absolute Gasteiger partial charge is 0.193 e. The van der Waals surface area contributed by atoms with Crippen LogP contribution in [0.4, 0.5) is 0 Å². The summed E-state index contributed by atoms with van der Waals surface area (Å²) >= 11 is 1.64. The van der Waals surface area contributed by atoms with Gasteiger partial charge < -0.3 is 14.8 Å². The number of benzene rings is 1. The third-order valence-corrected chi connectivity index (χ3v) is 4.98. The Balaban J connectivity index is 1.44. The molecule has 0 saturated heterocycles. The largest absolute Gasteiger partial charge is 0.493 e. The van der Waals surface area contributed by atoms with Gasteiger partial charge in [-0.2, -0.15) is 0 Å². The Kier molecular flexibility index (Phi) is 4.23. The molecule has 124 valence electrons. The van der Waals surface area contributed by atoms with Gasteiger partial charge in [0.15, 0.2) is 16.6 Å². The molecule has 1 aliphatic heterocycles. The van der Waals surface area contributed by atoms with Crippen LogP contribution in [0.1, 0.15) is 11.3 Å². The molecule has 1 aromatic carbocycles. The second-order valence-corrected chi connectivity index (χ2v) is 6.60. The summed E-state index contributed by atoms with van der Waals surface area (Å²) in [5.41, 5.74) is 2.38. The van der Waals surface area contributed by atoms with E-state index in [1.54, 1.807) is 18.4 Å². The number of fused-ring (bicyclic) bond motifs is 1. The highest BCUT2D eigenvalue weighted by molar-refractivity contribution is 7.12. The van der Waals surface area contributed by atoms with E-state index in [9.17, 15) is 0 Å². The van der Waals surface area contributed by atoms with Gasteiger partial charge in [-0.05, 0) is 30.2 Å². The fraction of sp³-hybridized carbons (Fsp3) is 0.278. The molecule has 3 aromatic rings. The van der Waals surface area contributed by atoms with E-state index in [2.05, 4.69) is 33.1 Å². The predicted octanol–water partition coefficient (Wildman–Crippen LogP) is 3.04. The lowest BCUT2D eigenvalue weighted by Crippen LogP contribution is -2.39. The third-order valence-electron chi connectivity index (χ3n) is 4.21. The minimum Gasteiger partial charge on any atom is -0.493 e. The number of rotatable bonds is 5. The van der Waals surface area contributed by atoms with Crippen LogP contribution in [-0.4, -0.2) is 29.3 Å². The van der Waals surface area contributed by atoms with E-state index in [1.807, 2.05) is 29.9 Å². The molecule has 1 aliphatic rings. The fourth-order valence-corrected chi connectivity index (χ4v) is 3.67. The molecule has 5 nitrogen and oxygen atoms in total. The Morgan fingerprint density at radius 2 is 2.33 bits per heavy atom. The minimum atomic E-state index is 0.282. The second kappa shape index (κ2) is 6.67. The number of aromatic nitrogens is 2. The standard InChI is InChI=1S/C18H19N3O2S/c1-22-16-6-2-4-13-10-14(12-23-17(13)16)20-11-15-5-3-8-21(15)18-19-7-9-24-18/h2-9,14,20H,10-12H2,1H3. The molecule has 2 aromatic heterocycles. The SMILES string of the molecule is COc1cccc2c1OCC(NCc1cccn1-c1nccs1)C2. The maximum absolute atomic E-state index is 5.93. The molecule has 0 bridgehead atoms. The molecule has 0 spiro atoms. The van der Waals surface area contributed by atoms with Crippen LogP contribution in [0.2, 0.25) is 0 Å². The third kappa shape index (κ3) is 2.90. The van der Waals surface area contributed by atoms with E-state index in [0.717, 1.165) is 29.6 Å². The van der Waals surface area contributed by atoms with Crippen molar-refractivity contribution in [2.24, 2.45) is 0 Å². The van der Waals surface area contributed by atoms with E-state index in [-0.39, 0.29) is 6.04 Å². The lowest BCUT2D eigenvalue weighted by molar-refractivity contribution is 0.226. The Bertz CT molecular complexity index is 814. The van der Waals surface area contributed by atoms with Gasteiger partial charge in [0.25, 0.3) is 0 Å². The van der Waals surface area contributed by atoms with Crippen LogP contribution >= 0.6 is 11.3 Å². The number of ether oxygens (including phenoxy) is 2. The normalized spacial score (nSPS) is 16.5. The van der Waals surface area contributed by atoms with Crippen LogP contribution < -0.4 is 14.8 Å². The lowest BCUT2D eigenvalue weighted by Gasteiger charge is -2.27. The maximum atomic E-state index is 5.93. The topological polar surface area (TPSA) is 48.3 Å². The number of hydrogen-bond donors (Lipinski definition) is 1. The molecule has 3 heterocycles. The van der Waals surface area contributed by atoms with Crippen molar-refractivity contribution in [3.05, 3.63) is 59.4 Å². The summed E-state index contributed by atoms with van der Waals surface area (Å²) in [6.07, 6.45) is 4.81. The van der Waals surface area contributed by atoms with Crippen molar-refractivity contribution in [2.75, 3.05) is 13.7 Å². The van der Waals surface area contributed by atoms with Crippen LogP contribution in [0.15, 0.2) is 48.1 Å². The summed E-state index contributed by atoms with van der Waals surface area (Å²) < 4.78 is 13.4. The van der Waals surface area contributed by atoms with Crippen LogP contribution in [0.5, 0.6) is 11.5 Å². The molecule has 24 heavy (non-hydrogen) atoms. The minimum absolute atomic E-state index is 0.282. The molecule has 0 radical (unpaired) electrons. The van der Waals surface area contributed by atoms with Crippen molar-refractivity contribution in [1.82, 2.24) is 14.9 Å². The average molecular weight is 341 g/mol. The highest BCUT2D eigenvalue weighted by atomic mass is 32.1. The number of thiazole rings is 1. The van der Waals surface area contributed by atoms with Crippen LogP contribution in [-0.2, 0) is 13.0 Å². The van der Waals surface area contributed by atoms with Crippen molar-refractivity contribution < 1.29 is 9.47 Å². The van der Waals surface area contributed by atoms with Gasteiger partial charge in [-0.3, -0.25) is 4.57 Å². The highest BCUT2D eigenvalue weighted by Crippen LogP contribution is 2.34. The first kappa shape index (κ1) is 15.2. The molecular formula is C18H19N3O2S. The molecule has 0 amide bonds. The quantitative estimate of drug-likeness (QED) is 0.775. The first-order chi connectivity index (χ1) is 11.8. The van der Waals surface area contributed by atoms with Crippen LogP contribution in [0.3, 0.4) is 0 Å². The molecular weight excluding hydrogens is 322 g/mol. The predicted molar refractivity (Wildman–Crippen MR) is 94.3 cm³/mol. The lowest BCUT2D eigenvalue weighted by atomic mass is 10.0. The van der Waals surface area contributed by atoms with Gasteiger partial charge in [-0.25, -0.2) is 4.98 Å². The van der Waals surface area contributed by atoms with E-state index in [4.69, 9.17) is 9.47 Å². The number of nitrogens with one attached hydrogen (secondary N) is 1. The Labute approximate surface area is 144 Å². The van der Waals surface area contributed by atoms with E-state index in [1.165, 1.54) is 11.3 Å². The fourth-order valence-electron chi connectivity index (χ4n) is 3.02. The van der Waals surface area contributed by atoms with Gasteiger partial charge in [0.1, 0.15) is 6.61 Å². The zero-order valence-electron chi connectivity index (χ0n) is 13.4. The van der Waals surface area contributed by atoms with Crippen molar-refractivity contribution >= 4 is 11.3 Å². The van der Waals surface area contributed by atoms with Gasteiger partial charge >= 0.3 is 0 Å². The molecule has 1 unspecified atom stereocenters. The van der Waals surface area contributed by atoms with Gasteiger partial charge in [0.05, 0.1) is 7.11 Å². The number of nitrogens with zero attached hydrogens (tertiary/aromatic N) is 2. The monoisotopic (exact) mass is 341 g/mol.